The van der Waals surface area contributed by atoms with Crippen molar-refractivity contribution >= 4 is 5.57 Å². The molecule has 0 saturated carbocycles. The lowest BCUT2D eigenvalue weighted by molar-refractivity contribution is 0.414. The van der Waals surface area contributed by atoms with Crippen molar-refractivity contribution in [2.45, 2.75) is 33.2 Å². The standard InChI is InChI=1S/C15H23NO/c1-12(2)16-10-6-7-13(3)14-8-5-9-15(11-14)17-4/h5,7-9,11-12,16H,6,10H2,1-4H3. The van der Waals surface area contributed by atoms with Crippen LogP contribution in [-0.2, 0) is 0 Å². The molecule has 17 heavy (non-hydrogen) atoms. The Morgan fingerprint density at radius 2 is 2.18 bits per heavy atom. The van der Waals surface area contributed by atoms with Crippen LogP contribution >= 0.6 is 0 Å². The third kappa shape index (κ3) is 5.05. The Balaban J connectivity index is 2.55. The molecule has 2 heteroatoms. The van der Waals surface area contributed by atoms with Crippen molar-refractivity contribution in [2.75, 3.05) is 13.7 Å². The first-order chi connectivity index (χ1) is 8.13. The maximum Gasteiger partial charge on any atom is 0.119 e. The summed E-state index contributed by atoms with van der Waals surface area (Å²) < 4.78 is 5.22. The molecule has 0 bridgehead atoms. The maximum atomic E-state index is 5.22. The highest BCUT2D eigenvalue weighted by molar-refractivity contribution is 5.64. The fourth-order valence-corrected chi connectivity index (χ4v) is 1.65. The van der Waals surface area contributed by atoms with Crippen LogP contribution in [0.3, 0.4) is 0 Å². The second-order valence-corrected chi connectivity index (χ2v) is 4.52. The number of allylic oxidation sites excluding steroid dienone is 1. The van der Waals surface area contributed by atoms with Gasteiger partial charge in [-0.2, -0.15) is 0 Å². The summed E-state index contributed by atoms with van der Waals surface area (Å²) in [6.07, 6.45) is 3.32. The first-order valence-electron chi connectivity index (χ1n) is 6.18. The van der Waals surface area contributed by atoms with Crippen molar-refractivity contribution < 1.29 is 4.74 Å². The topological polar surface area (TPSA) is 21.3 Å². The van der Waals surface area contributed by atoms with E-state index in [4.69, 9.17) is 4.74 Å². The van der Waals surface area contributed by atoms with E-state index in [2.05, 4.69) is 44.3 Å². The zero-order chi connectivity index (χ0) is 12.7. The van der Waals surface area contributed by atoms with Crippen LogP contribution in [0.1, 0.15) is 32.8 Å². The molecular formula is C15H23NO. The fourth-order valence-electron chi connectivity index (χ4n) is 1.65. The molecule has 0 fully saturated rings. The van der Waals surface area contributed by atoms with Gasteiger partial charge in [0.25, 0.3) is 0 Å². The highest BCUT2D eigenvalue weighted by Crippen LogP contribution is 2.19. The van der Waals surface area contributed by atoms with Gasteiger partial charge in [-0.05, 0) is 43.2 Å². The molecule has 0 aromatic heterocycles. The molecular weight excluding hydrogens is 210 g/mol. The van der Waals surface area contributed by atoms with E-state index in [1.54, 1.807) is 7.11 Å². The van der Waals surface area contributed by atoms with E-state index >= 15 is 0 Å². The molecule has 0 aliphatic rings. The van der Waals surface area contributed by atoms with Crippen molar-refractivity contribution in [3.8, 4) is 5.75 Å². The molecule has 0 unspecified atom stereocenters. The zero-order valence-electron chi connectivity index (χ0n) is 11.3. The molecule has 1 rings (SSSR count). The molecule has 0 radical (unpaired) electrons. The normalized spacial score (nSPS) is 11.9. The number of hydrogen-bond donors (Lipinski definition) is 1. The van der Waals surface area contributed by atoms with Crippen LogP contribution in [-0.4, -0.2) is 19.7 Å². The Morgan fingerprint density at radius 1 is 1.41 bits per heavy atom. The first kappa shape index (κ1) is 13.8. The van der Waals surface area contributed by atoms with Crippen LogP contribution in [0, 0.1) is 0 Å². The van der Waals surface area contributed by atoms with Gasteiger partial charge >= 0.3 is 0 Å². The Hall–Kier alpha value is -1.28. The van der Waals surface area contributed by atoms with Gasteiger partial charge in [0.1, 0.15) is 5.75 Å². The van der Waals surface area contributed by atoms with Crippen LogP contribution in [0.15, 0.2) is 30.3 Å². The summed E-state index contributed by atoms with van der Waals surface area (Å²) in [5.74, 6) is 0.913. The summed E-state index contributed by atoms with van der Waals surface area (Å²) in [6, 6.07) is 8.74. The summed E-state index contributed by atoms with van der Waals surface area (Å²) in [7, 11) is 1.70. The van der Waals surface area contributed by atoms with Gasteiger partial charge in [0.15, 0.2) is 0 Å². The van der Waals surface area contributed by atoms with Gasteiger partial charge in [-0.1, -0.05) is 32.1 Å². The molecule has 0 amide bonds. The van der Waals surface area contributed by atoms with Gasteiger partial charge in [-0.25, -0.2) is 0 Å². The highest BCUT2D eigenvalue weighted by atomic mass is 16.5. The van der Waals surface area contributed by atoms with E-state index < -0.39 is 0 Å². The molecule has 0 aliphatic carbocycles. The summed E-state index contributed by atoms with van der Waals surface area (Å²) in [4.78, 5) is 0. The van der Waals surface area contributed by atoms with Crippen LogP contribution in [0.2, 0.25) is 0 Å². The van der Waals surface area contributed by atoms with Crippen molar-refractivity contribution in [3.63, 3.8) is 0 Å². The minimum Gasteiger partial charge on any atom is -0.497 e. The molecule has 0 spiro atoms. The van der Waals surface area contributed by atoms with Crippen molar-refractivity contribution in [2.24, 2.45) is 0 Å². The Morgan fingerprint density at radius 3 is 2.82 bits per heavy atom. The number of nitrogens with one attached hydrogen (secondary N) is 1. The number of methoxy groups -OCH3 is 1. The number of benzene rings is 1. The lowest BCUT2D eigenvalue weighted by Crippen LogP contribution is -2.23. The van der Waals surface area contributed by atoms with Crippen molar-refractivity contribution in [1.29, 1.82) is 0 Å². The van der Waals surface area contributed by atoms with Crippen LogP contribution < -0.4 is 10.1 Å². The summed E-state index contributed by atoms with van der Waals surface area (Å²) in [6.45, 7) is 7.50. The Bertz CT molecular complexity index is 369. The van der Waals surface area contributed by atoms with Crippen LogP contribution in [0.25, 0.3) is 5.57 Å². The van der Waals surface area contributed by atoms with E-state index in [1.807, 2.05) is 12.1 Å². The monoisotopic (exact) mass is 233 g/mol. The van der Waals surface area contributed by atoms with Gasteiger partial charge in [-0.15, -0.1) is 0 Å². The molecule has 1 aromatic rings. The SMILES string of the molecule is COc1cccc(C(C)=CCCNC(C)C)c1. The average molecular weight is 233 g/mol. The molecule has 0 heterocycles. The predicted molar refractivity (Wildman–Crippen MR) is 74.4 cm³/mol. The lowest BCUT2D eigenvalue weighted by atomic mass is 10.1. The Kier molecular flexibility index (Phi) is 5.78. The van der Waals surface area contributed by atoms with Gasteiger partial charge in [0.2, 0.25) is 0 Å². The lowest BCUT2D eigenvalue weighted by Gasteiger charge is -2.07. The van der Waals surface area contributed by atoms with E-state index in [1.165, 1.54) is 11.1 Å². The van der Waals surface area contributed by atoms with Crippen molar-refractivity contribution in [3.05, 3.63) is 35.9 Å². The molecule has 1 aromatic carbocycles. The number of ether oxygens (including phenoxy) is 1. The summed E-state index contributed by atoms with van der Waals surface area (Å²) in [5, 5.41) is 3.41. The minimum atomic E-state index is 0.556. The second kappa shape index (κ2) is 7.13. The second-order valence-electron chi connectivity index (χ2n) is 4.52. The van der Waals surface area contributed by atoms with E-state index in [9.17, 15) is 0 Å². The van der Waals surface area contributed by atoms with Crippen LogP contribution in [0.4, 0.5) is 0 Å². The van der Waals surface area contributed by atoms with E-state index in [0.29, 0.717) is 6.04 Å². The fraction of sp³-hybridized carbons (Fsp3) is 0.467. The van der Waals surface area contributed by atoms with E-state index in [-0.39, 0.29) is 0 Å². The first-order valence-corrected chi connectivity index (χ1v) is 6.18. The molecule has 0 atom stereocenters. The Labute approximate surface area is 105 Å². The molecule has 1 N–H and O–H groups in total. The van der Waals surface area contributed by atoms with Crippen molar-refractivity contribution in [1.82, 2.24) is 5.32 Å². The summed E-state index contributed by atoms with van der Waals surface area (Å²) >= 11 is 0. The smallest absolute Gasteiger partial charge is 0.119 e. The van der Waals surface area contributed by atoms with E-state index in [0.717, 1.165) is 18.7 Å². The quantitative estimate of drug-likeness (QED) is 0.759. The number of hydrogen-bond acceptors (Lipinski definition) is 2. The van der Waals surface area contributed by atoms with Gasteiger partial charge < -0.3 is 10.1 Å². The van der Waals surface area contributed by atoms with Gasteiger partial charge in [0, 0.05) is 6.04 Å². The average Bonchev–Trinajstić information content (AvgIpc) is 2.34. The molecule has 0 aliphatic heterocycles. The van der Waals surface area contributed by atoms with Gasteiger partial charge in [-0.3, -0.25) is 0 Å². The predicted octanol–water partition coefficient (Wildman–Crippen LogP) is 3.49. The third-order valence-corrected chi connectivity index (χ3v) is 2.67. The summed E-state index contributed by atoms with van der Waals surface area (Å²) in [5.41, 5.74) is 2.53. The molecule has 2 nitrogen and oxygen atoms in total. The molecule has 94 valence electrons. The third-order valence-electron chi connectivity index (χ3n) is 2.67. The highest BCUT2D eigenvalue weighted by Gasteiger charge is 1.97. The maximum absolute atomic E-state index is 5.22. The zero-order valence-corrected chi connectivity index (χ0v) is 11.3. The number of rotatable bonds is 6. The largest absolute Gasteiger partial charge is 0.497 e. The minimum absolute atomic E-state index is 0.556. The van der Waals surface area contributed by atoms with Gasteiger partial charge in [0.05, 0.1) is 7.11 Å². The molecule has 0 saturated heterocycles. The van der Waals surface area contributed by atoms with Crippen LogP contribution in [0.5, 0.6) is 5.75 Å².